The van der Waals surface area contributed by atoms with E-state index in [1.54, 1.807) is 4.90 Å². The summed E-state index contributed by atoms with van der Waals surface area (Å²) in [5.74, 6) is -0.673. The van der Waals surface area contributed by atoms with Crippen LogP contribution in [0.25, 0.3) is 4.96 Å². The SMILES string of the molecule is O=C(Cc1cn2ccsc2n1)N1CCN(S(=O)(=O)c2cccc(F)c2)CC1. The Hall–Kier alpha value is -2.30. The summed E-state index contributed by atoms with van der Waals surface area (Å²) in [6, 6.07) is 4.96. The first kappa shape index (κ1) is 18.1. The van der Waals surface area contributed by atoms with Crippen LogP contribution in [0.2, 0.25) is 0 Å². The Balaban J connectivity index is 1.39. The number of aromatic nitrogens is 2. The third-order valence-electron chi connectivity index (χ3n) is 4.50. The predicted molar refractivity (Wildman–Crippen MR) is 98.5 cm³/mol. The molecule has 3 aromatic rings. The number of sulfonamides is 1. The van der Waals surface area contributed by atoms with E-state index in [2.05, 4.69) is 4.98 Å². The van der Waals surface area contributed by atoms with Gasteiger partial charge in [0.1, 0.15) is 5.82 Å². The molecule has 0 N–H and O–H groups in total. The average Bonchev–Trinajstić information content (AvgIpc) is 3.23. The van der Waals surface area contributed by atoms with E-state index in [4.69, 9.17) is 0 Å². The zero-order valence-electron chi connectivity index (χ0n) is 14.3. The highest BCUT2D eigenvalue weighted by atomic mass is 32.2. The van der Waals surface area contributed by atoms with Gasteiger partial charge in [-0.15, -0.1) is 11.3 Å². The minimum absolute atomic E-state index is 0.0691. The van der Waals surface area contributed by atoms with Gasteiger partial charge < -0.3 is 4.90 Å². The molecule has 0 unspecified atom stereocenters. The lowest BCUT2D eigenvalue weighted by Gasteiger charge is -2.34. The molecule has 1 aliphatic rings. The van der Waals surface area contributed by atoms with E-state index in [9.17, 15) is 17.6 Å². The molecule has 0 aliphatic carbocycles. The molecule has 142 valence electrons. The van der Waals surface area contributed by atoms with Crippen LogP contribution < -0.4 is 0 Å². The van der Waals surface area contributed by atoms with Gasteiger partial charge >= 0.3 is 0 Å². The topological polar surface area (TPSA) is 75.0 Å². The average molecular weight is 408 g/mol. The first-order valence-corrected chi connectivity index (χ1v) is 10.7. The van der Waals surface area contributed by atoms with Gasteiger partial charge in [0.15, 0.2) is 4.96 Å². The number of thiazole rings is 1. The molecule has 10 heteroatoms. The number of halogens is 1. The summed E-state index contributed by atoms with van der Waals surface area (Å²) in [6.45, 7) is 0.969. The molecule has 27 heavy (non-hydrogen) atoms. The lowest BCUT2D eigenvalue weighted by molar-refractivity contribution is -0.131. The molecule has 1 amide bonds. The molecule has 0 radical (unpaired) electrons. The Labute approximate surface area is 159 Å². The predicted octanol–water partition coefficient (Wildman–Crippen LogP) is 1.61. The smallest absolute Gasteiger partial charge is 0.243 e. The van der Waals surface area contributed by atoms with Crippen LogP contribution in [0.5, 0.6) is 0 Å². The third-order valence-corrected chi connectivity index (χ3v) is 7.17. The Morgan fingerprint density at radius 1 is 1.22 bits per heavy atom. The molecule has 0 atom stereocenters. The number of rotatable bonds is 4. The molecule has 2 aromatic heterocycles. The number of piperazine rings is 1. The lowest BCUT2D eigenvalue weighted by Crippen LogP contribution is -2.50. The molecule has 3 heterocycles. The number of hydrogen-bond acceptors (Lipinski definition) is 5. The van der Waals surface area contributed by atoms with E-state index in [0.29, 0.717) is 18.8 Å². The van der Waals surface area contributed by atoms with E-state index in [1.165, 1.54) is 33.8 Å². The molecule has 1 aromatic carbocycles. The standard InChI is InChI=1S/C17H17FN4O3S2/c18-13-2-1-3-15(10-13)27(24,25)22-6-4-20(5-7-22)16(23)11-14-12-21-8-9-26-17(21)19-14/h1-3,8-10,12H,4-7,11H2. The zero-order chi connectivity index (χ0) is 19.0. The van der Waals surface area contributed by atoms with Crippen LogP contribution in [-0.2, 0) is 21.2 Å². The Bertz CT molecular complexity index is 1060. The van der Waals surface area contributed by atoms with Crippen molar-refractivity contribution in [2.45, 2.75) is 11.3 Å². The fourth-order valence-electron chi connectivity index (χ4n) is 3.08. The van der Waals surface area contributed by atoms with Gasteiger partial charge in [0.25, 0.3) is 0 Å². The highest BCUT2D eigenvalue weighted by Crippen LogP contribution is 2.19. The van der Waals surface area contributed by atoms with Crippen molar-refractivity contribution in [1.29, 1.82) is 0 Å². The van der Waals surface area contributed by atoms with E-state index in [1.807, 2.05) is 22.2 Å². The first-order valence-electron chi connectivity index (χ1n) is 8.38. The maximum absolute atomic E-state index is 13.4. The van der Waals surface area contributed by atoms with Gasteiger partial charge in [-0.2, -0.15) is 4.31 Å². The van der Waals surface area contributed by atoms with Crippen LogP contribution in [0.3, 0.4) is 0 Å². The van der Waals surface area contributed by atoms with Crippen molar-refractivity contribution in [2.75, 3.05) is 26.2 Å². The van der Waals surface area contributed by atoms with Crippen molar-refractivity contribution in [3.8, 4) is 0 Å². The van der Waals surface area contributed by atoms with E-state index in [-0.39, 0.29) is 30.3 Å². The van der Waals surface area contributed by atoms with Gasteiger partial charge in [0, 0.05) is 44.0 Å². The van der Waals surface area contributed by atoms with Gasteiger partial charge in [0.2, 0.25) is 15.9 Å². The molecule has 1 aliphatic heterocycles. The fraction of sp³-hybridized carbons (Fsp3) is 0.294. The van der Waals surface area contributed by atoms with Gasteiger partial charge in [-0.1, -0.05) is 6.07 Å². The molecule has 1 fully saturated rings. The highest BCUT2D eigenvalue weighted by Gasteiger charge is 2.30. The maximum Gasteiger partial charge on any atom is 0.243 e. The normalized spacial score (nSPS) is 16.1. The van der Waals surface area contributed by atoms with Gasteiger partial charge in [-0.3, -0.25) is 9.20 Å². The third kappa shape index (κ3) is 3.60. The number of fused-ring (bicyclic) bond motifs is 1. The summed E-state index contributed by atoms with van der Waals surface area (Å²) in [6.07, 6.45) is 3.90. The fourth-order valence-corrected chi connectivity index (χ4v) is 5.26. The molecule has 0 bridgehead atoms. The number of carbonyl (C=O) groups is 1. The molecular weight excluding hydrogens is 391 g/mol. The second-order valence-electron chi connectivity index (χ2n) is 6.24. The van der Waals surface area contributed by atoms with E-state index < -0.39 is 15.8 Å². The molecule has 0 saturated carbocycles. The number of nitrogens with zero attached hydrogens (tertiary/aromatic N) is 4. The Morgan fingerprint density at radius 3 is 2.70 bits per heavy atom. The van der Waals surface area contributed by atoms with Crippen LogP contribution in [0.15, 0.2) is 46.9 Å². The summed E-state index contributed by atoms with van der Waals surface area (Å²) >= 11 is 1.50. The van der Waals surface area contributed by atoms with Crippen molar-refractivity contribution in [3.63, 3.8) is 0 Å². The van der Waals surface area contributed by atoms with Gasteiger partial charge in [0.05, 0.1) is 17.0 Å². The molecule has 1 saturated heterocycles. The molecule has 0 spiro atoms. The van der Waals surface area contributed by atoms with Gasteiger partial charge in [-0.25, -0.2) is 17.8 Å². The van der Waals surface area contributed by atoms with Crippen molar-refractivity contribution in [1.82, 2.24) is 18.6 Å². The number of benzene rings is 1. The summed E-state index contributed by atoms with van der Waals surface area (Å²) in [4.78, 5) is 19.3. The monoisotopic (exact) mass is 408 g/mol. The summed E-state index contributed by atoms with van der Waals surface area (Å²) in [5, 5.41) is 1.92. The summed E-state index contributed by atoms with van der Waals surface area (Å²) in [5.41, 5.74) is 0.696. The Kier molecular flexibility index (Phi) is 4.70. The highest BCUT2D eigenvalue weighted by molar-refractivity contribution is 7.89. The molecule has 7 nitrogen and oxygen atoms in total. The van der Waals surface area contributed by atoms with E-state index in [0.717, 1.165) is 11.0 Å². The van der Waals surface area contributed by atoms with Crippen LogP contribution in [-0.4, -0.2) is 59.1 Å². The second kappa shape index (κ2) is 7.02. The summed E-state index contributed by atoms with van der Waals surface area (Å²) in [7, 11) is -3.76. The lowest BCUT2D eigenvalue weighted by atomic mass is 10.2. The van der Waals surface area contributed by atoms with Crippen molar-refractivity contribution in [3.05, 3.63) is 53.6 Å². The largest absolute Gasteiger partial charge is 0.340 e. The number of imidazole rings is 1. The van der Waals surface area contributed by atoms with Crippen LogP contribution in [0.1, 0.15) is 5.69 Å². The molecular formula is C17H17FN4O3S2. The molecule has 4 rings (SSSR count). The number of amides is 1. The van der Waals surface area contributed by atoms with Crippen LogP contribution in [0.4, 0.5) is 4.39 Å². The number of carbonyl (C=O) groups excluding carboxylic acids is 1. The van der Waals surface area contributed by atoms with Crippen molar-refractivity contribution >= 4 is 32.2 Å². The minimum Gasteiger partial charge on any atom is -0.340 e. The quantitative estimate of drug-likeness (QED) is 0.657. The first-order chi connectivity index (χ1) is 12.9. The number of hydrogen-bond donors (Lipinski definition) is 0. The Morgan fingerprint density at radius 2 is 2.00 bits per heavy atom. The zero-order valence-corrected chi connectivity index (χ0v) is 15.9. The van der Waals surface area contributed by atoms with Crippen molar-refractivity contribution in [2.24, 2.45) is 0 Å². The van der Waals surface area contributed by atoms with Crippen LogP contribution >= 0.6 is 11.3 Å². The van der Waals surface area contributed by atoms with Crippen molar-refractivity contribution < 1.29 is 17.6 Å². The van der Waals surface area contributed by atoms with Crippen LogP contribution in [0, 0.1) is 5.82 Å². The van der Waals surface area contributed by atoms with Gasteiger partial charge in [-0.05, 0) is 18.2 Å². The minimum atomic E-state index is -3.76. The maximum atomic E-state index is 13.4. The van der Waals surface area contributed by atoms with E-state index >= 15 is 0 Å². The second-order valence-corrected chi connectivity index (χ2v) is 9.06. The summed E-state index contributed by atoms with van der Waals surface area (Å²) < 4.78 is 41.8.